The fraction of sp³-hybridized carbons (Fsp3) is 0.222. The zero-order valence-corrected chi connectivity index (χ0v) is 16.9. The first-order valence-corrected chi connectivity index (χ1v) is 9.43. The van der Waals surface area contributed by atoms with Gasteiger partial charge < -0.3 is 25.1 Å². The van der Waals surface area contributed by atoms with Gasteiger partial charge in [0.2, 0.25) is 17.8 Å². The summed E-state index contributed by atoms with van der Waals surface area (Å²) in [7, 11) is 0. The van der Waals surface area contributed by atoms with Crippen LogP contribution in [0.2, 0.25) is 10.0 Å². The van der Waals surface area contributed by atoms with Gasteiger partial charge in [0.1, 0.15) is 5.76 Å². The molecular weight excluding hydrogens is 419 g/mol. The lowest BCUT2D eigenvalue weighted by molar-refractivity contribution is -0.114. The number of hydrogen-bond donors (Lipinski definition) is 3. The molecule has 2 aromatic heterocycles. The fourth-order valence-electron chi connectivity index (χ4n) is 2.23. The molecule has 0 radical (unpaired) electrons. The van der Waals surface area contributed by atoms with Gasteiger partial charge in [-0.3, -0.25) is 4.79 Å². The highest BCUT2D eigenvalue weighted by Gasteiger charge is 2.11. The molecule has 152 valence electrons. The van der Waals surface area contributed by atoms with E-state index in [2.05, 4.69) is 30.9 Å². The van der Waals surface area contributed by atoms with Crippen molar-refractivity contribution in [1.82, 2.24) is 15.0 Å². The molecule has 0 aliphatic heterocycles. The number of rotatable bonds is 9. The third-order valence-electron chi connectivity index (χ3n) is 3.50. The van der Waals surface area contributed by atoms with E-state index in [1.165, 1.54) is 0 Å². The number of nitrogens with zero attached hydrogens (tertiary/aromatic N) is 3. The second kappa shape index (κ2) is 9.94. The Morgan fingerprint density at radius 1 is 1.14 bits per heavy atom. The second-order valence-electron chi connectivity index (χ2n) is 5.66. The van der Waals surface area contributed by atoms with Gasteiger partial charge in [-0.2, -0.15) is 15.0 Å². The average molecular weight is 437 g/mol. The summed E-state index contributed by atoms with van der Waals surface area (Å²) in [4.78, 5) is 24.7. The molecule has 29 heavy (non-hydrogen) atoms. The summed E-state index contributed by atoms with van der Waals surface area (Å²) in [6, 6.07) is 8.54. The molecule has 0 aliphatic rings. The first kappa shape index (κ1) is 20.7. The minimum atomic E-state index is -0.335. The van der Waals surface area contributed by atoms with E-state index in [1.807, 2.05) is 13.0 Å². The van der Waals surface area contributed by atoms with Crippen LogP contribution in [0.25, 0.3) is 0 Å². The quantitative estimate of drug-likeness (QED) is 0.463. The molecule has 0 bridgehead atoms. The second-order valence-corrected chi connectivity index (χ2v) is 6.50. The zero-order valence-electron chi connectivity index (χ0n) is 15.4. The van der Waals surface area contributed by atoms with Crippen LogP contribution in [0.1, 0.15) is 12.7 Å². The highest BCUT2D eigenvalue weighted by molar-refractivity contribution is 6.36. The standard InChI is InChI=1S/C18H18Cl2N6O3/c1-2-28-18-25-16(21-9-12-4-3-7-29-12)24-17(26-18)22-10-15(27)23-14-6-5-11(19)8-13(14)20/h3-8H,2,9-10H2,1H3,(H,23,27)(H2,21,22,24,25,26). The van der Waals surface area contributed by atoms with E-state index in [9.17, 15) is 4.79 Å². The number of anilines is 3. The van der Waals surface area contributed by atoms with Crippen LogP contribution >= 0.6 is 23.2 Å². The Morgan fingerprint density at radius 2 is 1.93 bits per heavy atom. The Balaban J connectivity index is 1.62. The molecule has 0 atom stereocenters. The van der Waals surface area contributed by atoms with Gasteiger partial charge >= 0.3 is 6.01 Å². The normalized spacial score (nSPS) is 10.4. The molecule has 0 aliphatic carbocycles. The van der Waals surface area contributed by atoms with Crippen molar-refractivity contribution in [3.63, 3.8) is 0 Å². The van der Waals surface area contributed by atoms with Crippen LogP contribution in [-0.2, 0) is 11.3 Å². The lowest BCUT2D eigenvalue weighted by Gasteiger charge is -2.11. The minimum Gasteiger partial charge on any atom is -0.467 e. The maximum atomic E-state index is 12.2. The smallest absolute Gasteiger partial charge is 0.323 e. The minimum absolute atomic E-state index is 0.0911. The van der Waals surface area contributed by atoms with Crippen molar-refractivity contribution in [2.75, 3.05) is 29.1 Å². The molecular formula is C18H18Cl2N6O3. The Hall–Kier alpha value is -3.04. The lowest BCUT2D eigenvalue weighted by atomic mass is 10.3. The van der Waals surface area contributed by atoms with Crippen molar-refractivity contribution in [2.24, 2.45) is 0 Å². The number of carbonyl (C=O) groups is 1. The van der Waals surface area contributed by atoms with Crippen LogP contribution in [0.15, 0.2) is 41.0 Å². The molecule has 1 amide bonds. The molecule has 3 rings (SSSR count). The van der Waals surface area contributed by atoms with E-state index in [0.717, 1.165) is 5.76 Å². The van der Waals surface area contributed by atoms with E-state index in [-0.39, 0.29) is 30.4 Å². The number of ether oxygens (including phenoxy) is 1. The highest BCUT2D eigenvalue weighted by Crippen LogP contribution is 2.25. The fourth-order valence-corrected chi connectivity index (χ4v) is 2.69. The Kier molecular flexibility index (Phi) is 7.09. The molecule has 0 fully saturated rings. The van der Waals surface area contributed by atoms with Crippen LogP contribution in [0.3, 0.4) is 0 Å². The molecule has 0 spiro atoms. The number of hydrogen-bond acceptors (Lipinski definition) is 8. The average Bonchev–Trinajstić information content (AvgIpc) is 3.21. The lowest BCUT2D eigenvalue weighted by Crippen LogP contribution is -2.23. The van der Waals surface area contributed by atoms with E-state index in [1.54, 1.807) is 30.5 Å². The predicted molar refractivity (Wildman–Crippen MR) is 111 cm³/mol. The highest BCUT2D eigenvalue weighted by atomic mass is 35.5. The van der Waals surface area contributed by atoms with Crippen molar-refractivity contribution >= 4 is 46.7 Å². The topological polar surface area (TPSA) is 114 Å². The van der Waals surface area contributed by atoms with Gasteiger partial charge in [-0.15, -0.1) is 0 Å². The van der Waals surface area contributed by atoms with E-state index >= 15 is 0 Å². The summed E-state index contributed by atoms with van der Waals surface area (Å²) in [5.74, 6) is 0.848. The number of aromatic nitrogens is 3. The summed E-state index contributed by atoms with van der Waals surface area (Å²) >= 11 is 11.9. The third-order valence-corrected chi connectivity index (χ3v) is 4.05. The predicted octanol–water partition coefficient (Wildman–Crippen LogP) is 3.83. The monoisotopic (exact) mass is 436 g/mol. The van der Waals surface area contributed by atoms with E-state index < -0.39 is 0 Å². The van der Waals surface area contributed by atoms with Crippen LogP contribution in [0.5, 0.6) is 6.01 Å². The van der Waals surface area contributed by atoms with E-state index in [0.29, 0.717) is 28.9 Å². The van der Waals surface area contributed by atoms with Gasteiger partial charge in [-0.25, -0.2) is 0 Å². The van der Waals surface area contributed by atoms with Gasteiger partial charge in [0.15, 0.2) is 0 Å². The number of amides is 1. The zero-order chi connectivity index (χ0) is 20.6. The Labute approximate surface area is 176 Å². The van der Waals surface area contributed by atoms with Gasteiger partial charge in [0.25, 0.3) is 0 Å². The number of halogens is 2. The van der Waals surface area contributed by atoms with Crippen LogP contribution in [-0.4, -0.2) is 34.0 Å². The Morgan fingerprint density at radius 3 is 2.62 bits per heavy atom. The molecule has 9 nitrogen and oxygen atoms in total. The maximum absolute atomic E-state index is 12.2. The number of carbonyl (C=O) groups excluding carboxylic acids is 1. The largest absolute Gasteiger partial charge is 0.467 e. The van der Waals surface area contributed by atoms with Crippen LogP contribution in [0.4, 0.5) is 17.6 Å². The van der Waals surface area contributed by atoms with Crippen molar-refractivity contribution < 1.29 is 13.9 Å². The van der Waals surface area contributed by atoms with Crippen molar-refractivity contribution in [2.45, 2.75) is 13.5 Å². The molecule has 3 aromatic rings. The first-order chi connectivity index (χ1) is 14.0. The molecule has 0 unspecified atom stereocenters. The molecule has 0 saturated carbocycles. The third kappa shape index (κ3) is 6.23. The molecule has 11 heteroatoms. The summed E-state index contributed by atoms with van der Waals surface area (Å²) < 4.78 is 10.6. The Bertz CT molecular complexity index is 968. The first-order valence-electron chi connectivity index (χ1n) is 8.67. The maximum Gasteiger partial charge on any atom is 0.323 e. The van der Waals surface area contributed by atoms with Crippen LogP contribution in [0, 0.1) is 0 Å². The van der Waals surface area contributed by atoms with Gasteiger partial charge in [-0.1, -0.05) is 23.2 Å². The summed E-state index contributed by atoms with van der Waals surface area (Å²) in [6.07, 6.45) is 1.58. The summed E-state index contributed by atoms with van der Waals surface area (Å²) in [6.45, 7) is 2.50. The molecule has 1 aromatic carbocycles. The van der Waals surface area contributed by atoms with E-state index in [4.69, 9.17) is 32.4 Å². The van der Waals surface area contributed by atoms with Crippen molar-refractivity contribution in [3.05, 3.63) is 52.4 Å². The van der Waals surface area contributed by atoms with Crippen molar-refractivity contribution in [3.8, 4) is 6.01 Å². The summed E-state index contributed by atoms with van der Waals surface area (Å²) in [5.41, 5.74) is 0.453. The molecule has 3 N–H and O–H groups in total. The number of benzene rings is 1. The van der Waals surface area contributed by atoms with Crippen LogP contribution < -0.4 is 20.7 Å². The van der Waals surface area contributed by atoms with Gasteiger partial charge in [0, 0.05) is 5.02 Å². The summed E-state index contributed by atoms with van der Waals surface area (Å²) in [5, 5.41) is 9.37. The molecule has 2 heterocycles. The molecule has 0 saturated heterocycles. The number of furan rings is 1. The van der Waals surface area contributed by atoms with Gasteiger partial charge in [0.05, 0.1) is 36.7 Å². The van der Waals surface area contributed by atoms with Crippen molar-refractivity contribution in [1.29, 1.82) is 0 Å². The van der Waals surface area contributed by atoms with Gasteiger partial charge in [-0.05, 0) is 37.3 Å². The number of nitrogens with one attached hydrogen (secondary N) is 3. The SMILES string of the molecule is CCOc1nc(NCC(=O)Nc2ccc(Cl)cc2Cl)nc(NCc2ccco2)n1.